The molecule has 0 rings (SSSR count). The Bertz CT molecular complexity index is 939. The number of carbonyl (C=O) groups excluding carboxylic acids is 4. The van der Waals surface area contributed by atoms with Crippen molar-refractivity contribution < 1.29 is 104 Å². The Balaban J connectivity index is -0.0000000721. The molecule has 0 aliphatic carbocycles. The Morgan fingerprint density at radius 2 is 0.643 bits per heavy atom. The average Bonchev–Trinajstić information content (AvgIpc) is 3.35. The quantitative estimate of drug-likeness (QED) is 0.0420. The zero-order valence-electron chi connectivity index (χ0n) is 39.0. The van der Waals surface area contributed by atoms with E-state index in [0.717, 1.165) is 6.92 Å². The van der Waals surface area contributed by atoms with Gasteiger partial charge in [0.15, 0.2) is 0 Å². The highest BCUT2D eigenvalue weighted by molar-refractivity contribution is 6.28. The minimum atomic E-state index is -0.954. The van der Waals surface area contributed by atoms with Gasteiger partial charge in [-0.1, -0.05) is 0 Å². The van der Waals surface area contributed by atoms with Crippen molar-refractivity contribution in [3.8, 4) is 0 Å². The lowest BCUT2D eigenvalue weighted by molar-refractivity contribution is -0.147. The minimum Gasteiger partial charge on any atom is -0.481 e. The number of halogens is 12. The van der Waals surface area contributed by atoms with Crippen LogP contribution in [0.25, 0.3) is 0 Å². The number of alkyl halides is 12. The molecule has 33 heteroatoms. The molecule has 0 aromatic rings. The van der Waals surface area contributed by atoms with E-state index in [1.54, 1.807) is 0 Å². The monoisotopic (exact) mass is 1270 g/mol. The van der Waals surface area contributed by atoms with Gasteiger partial charge in [-0.15, -0.1) is 139 Å². The first-order valence-corrected chi connectivity index (χ1v) is 25.3. The lowest BCUT2D eigenvalue weighted by atomic mass is 10.4. The summed E-state index contributed by atoms with van der Waals surface area (Å²) in [6, 6.07) is 0. The molecule has 0 fully saturated rings. The molecule has 21 nitrogen and oxygen atoms in total. The summed E-state index contributed by atoms with van der Waals surface area (Å²) in [4.78, 5) is 49.7. The van der Waals surface area contributed by atoms with Crippen molar-refractivity contribution in [3.05, 3.63) is 0 Å². The SMILES string of the molecule is CC(=O)O.CC(=O)OC(CCl)CCl.CC(=O)OC(CO)CCl.CC(=O)OCC(Cl)CCl.CC(=O)OCC(Cl)CO.OC(CCl)CCl.OCC(Cl)CCl.OCC(Cl)CO.OCC(O)CCl.OCC(O)CO. The van der Waals surface area contributed by atoms with Gasteiger partial charge in [0.2, 0.25) is 0 Å². The summed E-state index contributed by atoms with van der Waals surface area (Å²) < 4.78 is 18.2. The topological polar surface area (TPSA) is 365 Å². The second-order valence-corrected chi connectivity index (χ2v) is 16.6. The van der Waals surface area contributed by atoms with E-state index in [9.17, 15) is 19.2 Å². The Morgan fingerprint density at radius 3 is 0.743 bits per heavy atom. The summed E-state index contributed by atoms with van der Waals surface area (Å²) in [6.07, 6.45) is -3.13. The molecule has 0 saturated heterocycles. The maximum Gasteiger partial charge on any atom is 0.303 e. The number of esters is 4. The van der Waals surface area contributed by atoms with Crippen LogP contribution in [0.1, 0.15) is 34.6 Å². The molecule has 5 unspecified atom stereocenters. The first kappa shape index (κ1) is 92.9. The van der Waals surface area contributed by atoms with Gasteiger partial charge in [-0.05, 0) is 0 Å². The van der Waals surface area contributed by atoms with Crippen LogP contribution in [-0.2, 0) is 42.9 Å². The zero-order chi connectivity index (χ0) is 57.6. The van der Waals surface area contributed by atoms with E-state index in [4.69, 9.17) is 205 Å². The van der Waals surface area contributed by atoms with Gasteiger partial charge in [0.25, 0.3) is 5.97 Å². The fourth-order valence-corrected chi connectivity index (χ4v) is 2.81. The zero-order valence-corrected chi connectivity index (χ0v) is 48.1. The molecule has 0 saturated carbocycles. The van der Waals surface area contributed by atoms with Gasteiger partial charge in [-0.3, -0.25) is 24.0 Å². The number of carbonyl (C=O) groups is 5. The van der Waals surface area contributed by atoms with Crippen molar-refractivity contribution in [2.24, 2.45) is 0 Å². The van der Waals surface area contributed by atoms with Crippen LogP contribution in [0.2, 0.25) is 0 Å². The molecule has 430 valence electrons. The molecule has 0 aliphatic rings. The Kier molecular flexibility index (Phi) is 104. The van der Waals surface area contributed by atoms with Crippen LogP contribution in [0.5, 0.6) is 0 Å². The van der Waals surface area contributed by atoms with E-state index in [0.29, 0.717) is 11.8 Å². The molecule has 0 aliphatic heterocycles. The first-order chi connectivity index (χ1) is 32.5. The Morgan fingerprint density at radius 1 is 0.357 bits per heavy atom. The van der Waals surface area contributed by atoms with Crippen LogP contribution >= 0.6 is 139 Å². The van der Waals surface area contributed by atoms with E-state index in [1.165, 1.54) is 27.7 Å². The number of aliphatic hydroxyl groups excluding tert-OH is 11. The third kappa shape index (κ3) is 122. The van der Waals surface area contributed by atoms with Crippen LogP contribution in [0, 0.1) is 0 Å². The number of ether oxygens (including phenoxy) is 4. The predicted octanol–water partition coefficient (Wildman–Crippen LogP) is 2.32. The van der Waals surface area contributed by atoms with Gasteiger partial charge >= 0.3 is 23.9 Å². The number of rotatable bonds is 22. The average molecular weight is 1280 g/mol. The van der Waals surface area contributed by atoms with Crippen molar-refractivity contribution in [2.75, 3.05) is 113 Å². The molecular weight excluding hydrogens is 1210 g/mol. The van der Waals surface area contributed by atoms with Gasteiger partial charge in [0, 0.05) is 58.1 Å². The fraction of sp³-hybridized carbons (Fsp3) is 0.865. The normalized spacial score (nSPS) is 11.6. The molecule has 12 N–H and O–H groups in total. The molecule has 70 heavy (non-hydrogen) atoms. The summed E-state index contributed by atoms with van der Waals surface area (Å²) in [6.45, 7) is 4.86. The molecule has 0 aromatic carbocycles. The van der Waals surface area contributed by atoms with Crippen molar-refractivity contribution >= 4 is 169 Å². The molecule has 0 aromatic heterocycles. The molecule has 0 heterocycles. The van der Waals surface area contributed by atoms with Gasteiger partial charge in [0.1, 0.15) is 31.5 Å². The lowest BCUT2D eigenvalue weighted by Crippen LogP contribution is -2.21. The van der Waals surface area contributed by atoms with E-state index in [1.807, 2.05) is 0 Å². The largest absolute Gasteiger partial charge is 0.481 e. The summed E-state index contributed by atoms with van der Waals surface area (Å²) in [7, 11) is 0. The van der Waals surface area contributed by atoms with Crippen molar-refractivity contribution in [3.63, 3.8) is 0 Å². The summed E-state index contributed by atoms with van der Waals surface area (Å²) >= 11 is 63.0. The minimum absolute atomic E-state index is 0.0367. The van der Waals surface area contributed by atoms with Crippen molar-refractivity contribution in [1.82, 2.24) is 0 Å². The number of aliphatic carboxylic acids is 1. The molecule has 5 atom stereocenters. The van der Waals surface area contributed by atoms with Crippen LogP contribution in [0.3, 0.4) is 0 Å². The van der Waals surface area contributed by atoms with Gasteiger partial charge in [-0.2, -0.15) is 0 Å². The van der Waals surface area contributed by atoms with Gasteiger partial charge in [-0.25, -0.2) is 0 Å². The summed E-state index contributed by atoms with van der Waals surface area (Å²) in [5.74, 6) is -0.491. The summed E-state index contributed by atoms with van der Waals surface area (Å²) in [5.41, 5.74) is 0. The van der Waals surface area contributed by atoms with Crippen molar-refractivity contribution in [2.45, 2.75) is 86.6 Å². The van der Waals surface area contributed by atoms with Crippen LogP contribution < -0.4 is 0 Å². The third-order valence-electron chi connectivity index (χ3n) is 4.61. The van der Waals surface area contributed by atoms with Crippen LogP contribution in [0.15, 0.2) is 0 Å². The third-order valence-corrected chi connectivity index (χ3v) is 8.89. The second kappa shape index (κ2) is 78.3. The number of carboxylic acids is 1. The first-order valence-electron chi connectivity index (χ1n) is 19.3. The lowest BCUT2D eigenvalue weighted by Gasteiger charge is -2.09. The number of hydrogen-bond acceptors (Lipinski definition) is 20. The second-order valence-electron chi connectivity index (χ2n) is 11.6. The van der Waals surface area contributed by atoms with E-state index < -0.39 is 47.1 Å². The molecule has 0 bridgehead atoms. The highest BCUT2D eigenvalue weighted by Crippen LogP contribution is 2.00. The van der Waals surface area contributed by atoms with Gasteiger partial charge < -0.3 is 80.2 Å². The number of carboxylic acid groups (broad SMARTS) is 1. The molecule has 0 radical (unpaired) electrons. The van der Waals surface area contributed by atoms with Crippen LogP contribution in [0.4, 0.5) is 0 Å². The van der Waals surface area contributed by atoms with E-state index in [-0.39, 0.29) is 136 Å². The Hall–Kier alpha value is 0.390. The molecular formula is C37H72Cl12O21. The predicted molar refractivity (Wildman–Crippen MR) is 277 cm³/mol. The smallest absolute Gasteiger partial charge is 0.303 e. The molecule has 0 amide bonds. The maximum atomic E-state index is 10.2. The van der Waals surface area contributed by atoms with E-state index >= 15 is 0 Å². The summed E-state index contributed by atoms with van der Waals surface area (Å²) in [5, 5.41) is 95.6. The van der Waals surface area contributed by atoms with E-state index in [2.05, 4.69) is 18.9 Å². The highest BCUT2D eigenvalue weighted by atomic mass is 35.5. The number of aliphatic hydroxyl groups is 11. The standard InChI is InChI=1S/2C5H8Cl2O2.2C5H9ClO3.2C3H6Cl2O.2C3H7ClO2.C3H8O3.C2H4O2/c1-4(8)9-3-5(7)2-6;1-4(8)9-5(2-6)3-7;1-4(8)9-3-5(6)2-7;1-4(8)9-5(2-6)3-7;4-1-3(5)2-6;4-1-3(6)2-5;4-3(1-5)2-6;2*4-1-3(6)2-5;1-2(3)4/h2*5H,2-3H2,1H3;2*5,7H,2-3H2,1H3;2*3,6H,1-2H2;2*3,5-6H,1-2H2;3-6H,1-2H2;1H3,(H,3,4). The van der Waals surface area contributed by atoms with Gasteiger partial charge in [0.05, 0.1) is 110 Å². The Labute approximate surface area is 469 Å². The van der Waals surface area contributed by atoms with Crippen LogP contribution in [-0.4, -0.2) is 256 Å². The fourth-order valence-electron chi connectivity index (χ4n) is 1.46. The number of hydrogen-bond donors (Lipinski definition) is 12. The maximum absolute atomic E-state index is 10.2. The highest BCUT2D eigenvalue weighted by Gasteiger charge is 2.08. The van der Waals surface area contributed by atoms with Crippen molar-refractivity contribution in [1.29, 1.82) is 0 Å². The molecule has 0 spiro atoms.